The lowest BCUT2D eigenvalue weighted by Crippen LogP contribution is -2.43. The number of hydrogen-bond acceptors (Lipinski definition) is 6. The van der Waals surface area contributed by atoms with Crippen LogP contribution in [0.15, 0.2) is 22.0 Å². The average Bonchev–Trinajstić information content (AvgIpc) is 3.09. The van der Waals surface area contributed by atoms with Crippen LogP contribution in [-0.2, 0) is 6.54 Å². The van der Waals surface area contributed by atoms with Gasteiger partial charge in [0.15, 0.2) is 0 Å². The van der Waals surface area contributed by atoms with E-state index in [1.54, 1.807) is 11.3 Å². The van der Waals surface area contributed by atoms with E-state index in [4.69, 9.17) is 4.52 Å². The van der Waals surface area contributed by atoms with Gasteiger partial charge in [0.1, 0.15) is 0 Å². The number of piperidine rings is 1. The summed E-state index contributed by atoms with van der Waals surface area (Å²) in [7, 11) is 2.02. The quantitative estimate of drug-likeness (QED) is 0.927. The molecule has 0 aromatic carbocycles. The van der Waals surface area contributed by atoms with Crippen LogP contribution in [-0.4, -0.2) is 41.2 Å². The Labute approximate surface area is 116 Å². The topological polar surface area (TPSA) is 54.2 Å². The van der Waals surface area contributed by atoms with Crippen LogP contribution in [0.3, 0.4) is 0 Å². The van der Waals surface area contributed by atoms with Crippen molar-refractivity contribution in [3.05, 3.63) is 23.4 Å². The molecule has 19 heavy (non-hydrogen) atoms. The van der Waals surface area contributed by atoms with Crippen LogP contribution in [0, 0.1) is 0 Å². The molecular weight excluding hydrogens is 260 g/mol. The average molecular weight is 278 g/mol. The molecule has 1 aliphatic heterocycles. The molecule has 0 bridgehead atoms. The van der Waals surface area contributed by atoms with Gasteiger partial charge in [-0.2, -0.15) is 4.98 Å². The van der Waals surface area contributed by atoms with Gasteiger partial charge in [0.05, 0.1) is 11.4 Å². The maximum Gasteiger partial charge on any atom is 0.241 e. The molecule has 2 aromatic rings. The highest BCUT2D eigenvalue weighted by Gasteiger charge is 2.20. The van der Waals surface area contributed by atoms with Crippen LogP contribution in [0.4, 0.5) is 0 Å². The largest absolute Gasteiger partial charge is 0.338 e. The first kappa shape index (κ1) is 12.8. The van der Waals surface area contributed by atoms with E-state index < -0.39 is 0 Å². The SMILES string of the molecule is CNC1CCCN(Cc2nc(-c3cccs3)no2)C1. The Morgan fingerprint density at radius 2 is 2.53 bits per heavy atom. The standard InChI is InChI=1S/C13H18N4OS/c1-14-10-4-2-6-17(8-10)9-12-15-13(16-18-12)11-5-3-7-19-11/h3,5,7,10,14H,2,4,6,8-9H2,1H3. The highest BCUT2D eigenvalue weighted by Crippen LogP contribution is 2.22. The van der Waals surface area contributed by atoms with Gasteiger partial charge in [-0.1, -0.05) is 11.2 Å². The molecule has 3 rings (SSSR count). The molecule has 0 saturated carbocycles. The number of thiophene rings is 1. The first-order chi connectivity index (χ1) is 9.35. The van der Waals surface area contributed by atoms with Gasteiger partial charge in [-0.05, 0) is 37.9 Å². The second-order valence-electron chi connectivity index (χ2n) is 4.85. The van der Waals surface area contributed by atoms with Crippen LogP contribution >= 0.6 is 11.3 Å². The second-order valence-corrected chi connectivity index (χ2v) is 5.80. The van der Waals surface area contributed by atoms with Crippen molar-refractivity contribution in [3.8, 4) is 10.7 Å². The van der Waals surface area contributed by atoms with Gasteiger partial charge in [0.25, 0.3) is 0 Å². The molecule has 1 saturated heterocycles. The van der Waals surface area contributed by atoms with Crippen molar-refractivity contribution in [3.63, 3.8) is 0 Å². The lowest BCUT2D eigenvalue weighted by Gasteiger charge is -2.31. The molecule has 1 fully saturated rings. The normalized spacial score (nSPS) is 20.8. The fourth-order valence-corrected chi connectivity index (χ4v) is 3.10. The van der Waals surface area contributed by atoms with Gasteiger partial charge in [0.2, 0.25) is 11.7 Å². The maximum absolute atomic E-state index is 5.34. The van der Waals surface area contributed by atoms with E-state index in [0.29, 0.717) is 17.8 Å². The van der Waals surface area contributed by atoms with E-state index in [9.17, 15) is 0 Å². The highest BCUT2D eigenvalue weighted by atomic mass is 32.1. The highest BCUT2D eigenvalue weighted by molar-refractivity contribution is 7.13. The molecule has 1 atom stereocenters. The predicted molar refractivity (Wildman–Crippen MR) is 75.0 cm³/mol. The number of nitrogens with zero attached hydrogens (tertiary/aromatic N) is 3. The molecule has 2 aromatic heterocycles. The van der Waals surface area contributed by atoms with Crippen molar-refractivity contribution in [2.75, 3.05) is 20.1 Å². The summed E-state index contributed by atoms with van der Waals surface area (Å²) in [5, 5.41) is 9.41. The van der Waals surface area contributed by atoms with Crippen molar-refractivity contribution in [2.45, 2.75) is 25.4 Å². The van der Waals surface area contributed by atoms with E-state index in [-0.39, 0.29) is 0 Å². The monoisotopic (exact) mass is 278 g/mol. The van der Waals surface area contributed by atoms with Gasteiger partial charge < -0.3 is 9.84 Å². The molecular formula is C13H18N4OS. The summed E-state index contributed by atoms with van der Waals surface area (Å²) >= 11 is 1.63. The number of nitrogens with one attached hydrogen (secondary N) is 1. The Morgan fingerprint density at radius 3 is 3.32 bits per heavy atom. The molecule has 0 amide bonds. The molecule has 6 heteroatoms. The predicted octanol–water partition coefficient (Wildman–Crippen LogP) is 1.98. The Kier molecular flexibility index (Phi) is 3.91. The molecule has 0 radical (unpaired) electrons. The number of aromatic nitrogens is 2. The Morgan fingerprint density at radius 1 is 1.58 bits per heavy atom. The minimum absolute atomic E-state index is 0.577. The molecule has 5 nitrogen and oxygen atoms in total. The second kappa shape index (κ2) is 5.81. The number of rotatable bonds is 4. The fraction of sp³-hybridized carbons (Fsp3) is 0.538. The Bertz CT molecular complexity index is 510. The van der Waals surface area contributed by atoms with E-state index in [0.717, 1.165) is 24.5 Å². The van der Waals surface area contributed by atoms with E-state index >= 15 is 0 Å². The van der Waals surface area contributed by atoms with Crippen LogP contribution in [0.25, 0.3) is 10.7 Å². The minimum atomic E-state index is 0.577. The summed E-state index contributed by atoms with van der Waals surface area (Å²) < 4.78 is 5.34. The first-order valence-electron chi connectivity index (χ1n) is 6.61. The van der Waals surface area contributed by atoms with Crippen LogP contribution in [0.1, 0.15) is 18.7 Å². The summed E-state index contributed by atoms with van der Waals surface area (Å²) in [6.07, 6.45) is 2.47. The zero-order valence-electron chi connectivity index (χ0n) is 11.0. The Hall–Kier alpha value is -1.24. The van der Waals surface area contributed by atoms with Crippen molar-refractivity contribution < 1.29 is 4.52 Å². The van der Waals surface area contributed by atoms with Crippen LogP contribution in [0.2, 0.25) is 0 Å². The van der Waals surface area contributed by atoms with Gasteiger partial charge in [-0.3, -0.25) is 4.90 Å². The van der Waals surface area contributed by atoms with Crippen molar-refractivity contribution >= 4 is 11.3 Å². The zero-order valence-corrected chi connectivity index (χ0v) is 11.8. The summed E-state index contributed by atoms with van der Waals surface area (Å²) in [6.45, 7) is 2.90. The van der Waals surface area contributed by atoms with Crippen molar-refractivity contribution in [2.24, 2.45) is 0 Å². The van der Waals surface area contributed by atoms with Crippen molar-refractivity contribution in [1.29, 1.82) is 0 Å². The number of hydrogen-bond donors (Lipinski definition) is 1. The first-order valence-corrected chi connectivity index (χ1v) is 7.49. The zero-order chi connectivity index (χ0) is 13.1. The van der Waals surface area contributed by atoms with Gasteiger partial charge in [-0.15, -0.1) is 11.3 Å². The molecule has 1 N–H and O–H groups in total. The van der Waals surface area contributed by atoms with Gasteiger partial charge >= 0.3 is 0 Å². The van der Waals surface area contributed by atoms with E-state index in [1.165, 1.54) is 12.8 Å². The van der Waals surface area contributed by atoms with Crippen LogP contribution in [0.5, 0.6) is 0 Å². The Balaban J connectivity index is 1.64. The third-order valence-electron chi connectivity index (χ3n) is 3.48. The van der Waals surface area contributed by atoms with Gasteiger partial charge in [-0.25, -0.2) is 0 Å². The summed E-state index contributed by atoms with van der Waals surface area (Å²) in [6, 6.07) is 4.59. The molecule has 1 aliphatic rings. The van der Waals surface area contributed by atoms with E-state index in [2.05, 4.69) is 20.4 Å². The number of likely N-dealkylation sites (N-methyl/N-ethyl adjacent to an activating group) is 1. The third kappa shape index (κ3) is 3.02. The molecule has 0 spiro atoms. The van der Waals surface area contributed by atoms with Gasteiger partial charge in [0, 0.05) is 12.6 Å². The fourth-order valence-electron chi connectivity index (χ4n) is 2.45. The molecule has 0 aliphatic carbocycles. The molecule has 3 heterocycles. The summed E-state index contributed by atoms with van der Waals surface area (Å²) in [5.41, 5.74) is 0. The lowest BCUT2D eigenvalue weighted by molar-refractivity contribution is 0.167. The lowest BCUT2D eigenvalue weighted by atomic mass is 10.1. The van der Waals surface area contributed by atoms with Crippen molar-refractivity contribution in [1.82, 2.24) is 20.4 Å². The summed E-state index contributed by atoms with van der Waals surface area (Å²) in [5.74, 6) is 1.41. The maximum atomic E-state index is 5.34. The molecule has 1 unspecified atom stereocenters. The van der Waals surface area contributed by atoms with E-state index in [1.807, 2.05) is 24.6 Å². The minimum Gasteiger partial charge on any atom is -0.338 e. The summed E-state index contributed by atoms with van der Waals surface area (Å²) in [4.78, 5) is 7.90. The smallest absolute Gasteiger partial charge is 0.241 e. The number of likely N-dealkylation sites (tertiary alicyclic amines) is 1. The third-order valence-corrected chi connectivity index (χ3v) is 4.35. The van der Waals surface area contributed by atoms with Crippen LogP contribution < -0.4 is 5.32 Å². The molecule has 102 valence electrons.